The molecule has 0 N–H and O–H groups in total. The molecule has 1 heterocycles. The molecule has 0 aromatic heterocycles. The molecule has 0 saturated carbocycles. The summed E-state index contributed by atoms with van der Waals surface area (Å²) < 4.78 is 20.8. The van der Waals surface area contributed by atoms with Crippen LogP contribution < -0.4 is 0 Å². The molecule has 1 fully saturated rings. The Labute approximate surface area is 89.2 Å². The highest BCUT2D eigenvalue weighted by Gasteiger charge is 2.17. The van der Waals surface area contributed by atoms with Gasteiger partial charge in [-0.25, -0.2) is 0 Å². The van der Waals surface area contributed by atoms with E-state index in [4.69, 9.17) is 0 Å². The Hall–Kier alpha value is 0.0700. The molecule has 3 nitrogen and oxygen atoms in total. The minimum Gasteiger partial charge on any atom is -0.772 e. The van der Waals surface area contributed by atoms with Gasteiger partial charge in [-0.05, 0) is 31.8 Å². The number of hydrogen-bond acceptors (Lipinski definition) is 3. The van der Waals surface area contributed by atoms with Gasteiger partial charge in [-0.15, -0.1) is 0 Å². The molecule has 84 valence electrons. The highest BCUT2D eigenvalue weighted by atomic mass is 32.2. The molecule has 0 radical (unpaired) electrons. The Kier molecular flexibility index (Phi) is 5.67. The maximum Gasteiger partial charge on any atom is 0.0229 e. The molecule has 1 aliphatic rings. The summed E-state index contributed by atoms with van der Waals surface area (Å²) in [5, 5.41) is 0. The Balaban J connectivity index is 2.12. The molecular formula is C10H20NO2S-. The van der Waals surface area contributed by atoms with Gasteiger partial charge in [0.1, 0.15) is 0 Å². The molecular weight excluding hydrogens is 198 g/mol. The smallest absolute Gasteiger partial charge is 0.0229 e. The van der Waals surface area contributed by atoms with Crippen LogP contribution in [0.15, 0.2) is 0 Å². The third kappa shape index (κ3) is 4.53. The van der Waals surface area contributed by atoms with E-state index >= 15 is 0 Å². The first-order chi connectivity index (χ1) is 6.72. The molecule has 0 aromatic rings. The van der Waals surface area contributed by atoms with Crippen molar-refractivity contribution < 1.29 is 8.76 Å². The van der Waals surface area contributed by atoms with Crippen LogP contribution in [-0.4, -0.2) is 39.0 Å². The van der Waals surface area contributed by atoms with E-state index in [1.807, 2.05) is 0 Å². The van der Waals surface area contributed by atoms with E-state index in [-0.39, 0.29) is 0 Å². The molecule has 1 rings (SSSR count). The van der Waals surface area contributed by atoms with Gasteiger partial charge >= 0.3 is 0 Å². The van der Waals surface area contributed by atoms with Gasteiger partial charge in [0, 0.05) is 12.3 Å². The van der Waals surface area contributed by atoms with E-state index < -0.39 is 11.1 Å². The van der Waals surface area contributed by atoms with Crippen molar-refractivity contribution in [3.05, 3.63) is 0 Å². The van der Waals surface area contributed by atoms with Crippen molar-refractivity contribution in [1.82, 2.24) is 4.90 Å². The van der Waals surface area contributed by atoms with E-state index in [1.54, 1.807) is 0 Å². The highest BCUT2D eigenvalue weighted by molar-refractivity contribution is 7.79. The average Bonchev–Trinajstić information content (AvgIpc) is 2.17. The minimum atomic E-state index is -1.87. The Morgan fingerprint density at radius 1 is 1.43 bits per heavy atom. The molecule has 1 aliphatic heterocycles. The summed E-state index contributed by atoms with van der Waals surface area (Å²) >= 11 is -1.87. The van der Waals surface area contributed by atoms with Crippen LogP contribution in [0.2, 0.25) is 0 Å². The van der Waals surface area contributed by atoms with Crippen molar-refractivity contribution in [2.45, 2.75) is 32.6 Å². The van der Waals surface area contributed by atoms with Crippen molar-refractivity contribution in [1.29, 1.82) is 0 Å². The Morgan fingerprint density at radius 3 is 2.57 bits per heavy atom. The van der Waals surface area contributed by atoms with Crippen LogP contribution in [0.25, 0.3) is 0 Å². The fourth-order valence-electron chi connectivity index (χ4n) is 2.11. The van der Waals surface area contributed by atoms with Crippen LogP contribution in [0.5, 0.6) is 0 Å². The molecule has 0 aromatic carbocycles. The maximum absolute atomic E-state index is 10.4. The minimum absolute atomic E-state index is 0.290. The van der Waals surface area contributed by atoms with Crippen LogP contribution in [0.4, 0.5) is 0 Å². The predicted octanol–water partition coefficient (Wildman–Crippen LogP) is 1.38. The molecule has 0 amide bonds. The second-order valence-electron chi connectivity index (χ2n) is 4.08. The van der Waals surface area contributed by atoms with Crippen molar-refractivity contribution >= 4 is 11.1 Å². The SMILES string of the molecule is CCCC1CCN(CCS(=O)[O-])CC1. The van der Waals surface area contributed by atoms with Gasteiger partial charge in [0.2, 0.25) is 0 Å². The number of nitrogens with zero attached hydrogens (tertiary/aromatic N) is 1. The number of rotatable bonds is 5. The van der Waals surface area contributed by atoms with E-state index in [0.717, 1.165) is 25.6 Å². The Bertz CT molecular complexity index is 179. The number of piperidine rings is 1. The predicted molar refractivity (Wildman–Crippen MR) is 57.9 cm³/mol. The second-order valence-corrected chi connectivity index (χ2v) is 5.10. The lowest BCUT2D eigenvalue weighted by Gasteiger charge is -2.31. The van der Waals surface area contributed by atoms with Crippen LogP contribution in [0.1, 0.15) is 32.6 Å². The van der Waals surface area contributed by atoms with Crippen LogP contribution in [0.3, 0.4) is 0 Å². The van der Waals surface area contributed by atoms with Crippen LogP contribution in [0, 0.1) is 5.92 Å². The third-order valence-electron chi connectivity index (χ3n) is 2.98. The normalized spacial score (nSPS) is 22.4. The van der Waals surface area contributed by atoms with E-state index in [0.29, 0.717) is 5.75 Å². The van der Waals surface area contributed by atoms with Crippen molar-refractivity contribution in [2.75, 3.05) is 25.4 Å². The lowest BCUT2D eigenvalue weighted by Crippen LogP contribution is -2.36. The highest BCUT2D eigenvalue weighted by Crippen LogP contribution is 2.21. The first kappa shape index (κ1) is 12.1. The fraction of sp³-hybridized carbons (Fsp3) is 1.00. The van der Waals surface area contributed by atoms with Gasteiger partial charge in [-0.2, -0.15) is 0 Å². The van der Waals surface area contributed by atoms with Crippen LogP contribution >= 0.6 is 0 Å². The second kappa shape index (κ2) is 6.53. The molecule has 0 spiro atoms. The molecule has 0 aliphatic carbocycles. The standard InChI is InChI=1S/C10H21NO2S/c1-2-3-10-4-6-11(7-5-10)8-9-14(12)13/h10H,2-9H2,1H3,(H,12,13)/p-1. The van der Waals surface area contributed by atoms with Gasteiger partial charge < -0.3 is 9.45 Å². The summed E-state index contributed by atoms with van der Waals surface area (Å²) in [7, 11) is 0. The van der Waals surface area contributed by atoms with E-state index in [2.05, 4.69) is 11.8 Å². The first-order valence-corrected chi connectivity index (χ1v) is 6.75. The van der Waals surface area contributed by atoms with Crippen LogP contribution in [-0.2, 0) is 11.1 Å². The van der Waals surface area contributed by atoms with Gasteiger partial charge in [0.05, 0.1) is 0 Å². The quantitative estimate of drug-likeness (QED) is 0.655. The third-order valence-corrected chi connectivity index (χ3v) is 3.49. The summed E-state index contributed by atoms with van der Waals surface area (Å²) in [6.45, 7) is 5.12. The monoisotopic (exact) mass is 218 g/mol. The fourth-order valence-corrected chi connectivity index (χ4v) is 2.52. The number of likely N-dealkylation sites (tertiary alicyclic amines) is 1. The zero-order valence-corrected chi connectivity index (χ0v) is 9.72. The van der Waals surface area contributed by atoms with Crippen molar-refractivity contribution in [2.24, 2.45) is 5.92 Å². The first-order valence-electron chi connectivity index (χ1n) is 5.50. The summed E-state index contributed by atoms with van der Waals surface area (Å²) in [5.74, 6) is 1.17. The largest absolute Gasteiger partial charge is 0.772 e. The van der Waals surface area contributed by atoms with E-state index in [1.165, 1.54) is 25.7 Å². The molecule has 14 heavy (non-hydrogen) atoms. The summed E-state index contributed by atoms with van der Waals surface area (Å²) in [6, 6.07) is 0. The lowest BCUT2D eigenvalue weighted by molar-refractivity contribution is 0.187. The van der Waals surface area contributed by atoms with Crippen molar-refractivity contribution in [3.8, 4) is 0 Å². The Morgan fingerprint density at radius 2 is 2.07 bits per heavy atom. The summed E-state index contributed by atoms with van der Waals surface area (Å²) in [6.07, 6.45) is 5.11. The van der Waals surface area contributed by atoms with Gasteiger partial charge in [-0.1, -0.05) is 30.8 Å². The van der Waals surface area contributed by atoms with Gasteiger partial charge in [0.15, 0.2) is 0 Å². The zero-order chi connectivity index (χ0) is 10.4. The maximum atomic E-state index is 10.4. The lowest BCUT2D eigenvalue weighted by atomic mass is 9.93. The van der Waals surface area contributed by atoms with Gasteiger partial charge in [-0.3, -0.25) is 4.21 Å². The molecule has 1 atom stereocenters. The van der Waals surface area contributed by atoms with Gasteiger partial charge in [0.25, 0.3) is 0 Å². The molecule has 0 bridgehead atoms. The number of hydrogen-bond donors (Lipinski definition) is 0. The summed E-state index contributed by atoms with van der Waals surface area (Å²) in [4.78, 5) is 2.27. The summed E-state index contributed by atoms with van der Waals surface area (Å²) in [5.41, 5.74) is 0. The zero-order valence-electron chi connectivity index (χ0n) is 8.91. The molecule has 1 saturated heterocycles. The molecule has 1 unspecified atom stereocenters. The topological polar surface area (TPSA) is 43.4 Å². The average molecular weight is 218 g/mol. The molecule has 4 heteroatoms. The van der Waals surface area contributed by atoms with E-state index in [9.17, 15) is 8.76 Å². The van der Waals surface area contributed by atoms with Crippen molar-refractivity contribution in [3.63, 3.8) is 0 Å².